The van der Waals surface area contributed by atoms with Crippen molar-refractivity contribution in [1.29, 1.82) is 0 Å². The minimum Gasteiger partial charge on any atom is -0.374 e. The van der Waals surface area contributed by atoms with Crippen LogP contribution in [0.25, 0.3) is 0 Å². The number of aromatic nitrogens is 2. The maximum atomic E-state index is 11.6. The minimum atomic E-state index is -0.343. The molecule has 1 aromatic rings. The van der Waals surface area contributed by atoms with Crippen LogP contribution in [0.3, 0.4) is 0 Å². The van der Waals surface area contributed by atoms with Crippen molar-refractivity contribution >= 4 is 5.78 Å². The number of hydrogen-bond donors (Lipinski definition) is 0. The number of rotatable bonds is 5. The molecule has 1 heterocycles. The fourth-order valence-electron chi connectivity index (χ4n) is 1.36. The SMILES string of the molecule is CCc1cc(CC(=O)C(C)OC)n(C)n1. The maximum Gasteiger partial charge on any atom is 0.167 e. The van der Waals surface area contributed by atoms with E-state index in [4.69, 9.17) is 4.74 Å². The molecule has 0 aliphatic carbocycles. The van der Waals surface area contributed by atoms with Crippen molar-refractivity contribution < 1.29 is 9.53 Å². The molecule has 0 aromatic carbocycles. The first-order valence-electron chi connectivity index (χ1n) is 5.15. The molecule has 4 nitrogen and oxygen atoms in total. The van der Waals surface area contributed by atoms with Crippen molar-refractivity contribution in [3.05, 3.63) is 17.5 Å². The van der Waals surface area contributed by atoms with E-state index in [1.807, 2.05) is 20.0 Å². The number of Topliss-reactive ketones (excluding diaryl/α,β-unsaturated/α-hetero) is 1. The number of ether oxygens (including phenoxy) is 1. The summed E-state index contributed by atoms with van der Waals surface area (Å²) in [5, 5.41) is 4.29. The van der Waals surface area contributed by atoms with Gasteiger partial charge in [0.2, 0.25) is 0 Å². The second kappa shape index (κ2) is 5.07. The van der Waals surface area contributed by atoms with Crippen LogP contribution < -0.4 is 0 Å². The van der Waals surface area contributed by atoms with Gasteiger partial charge in [0.05, 0.1) is 12.1 Å². The molecule has 0 aliphatic heterocycles. The normalized spacial score (nSPS) is 12.8. The molecular weight excluding hydrogens is 192 g/mol. The maximum absolute atomic E-state index is 11.6. The molecule has 1 aromatic heterocycles. The van der Waals surface area contributed by atoms with Crippen LogP contribution in [-0.2, 0) is 29.4 Å². The summed E-state index contributed by atoms with van der Waals surface area (Å²) in [5.41, 5.74) is 1.96. The first kappa shape index (κ1) is 11.9. The van der Waals surface area contributed by atoms with E-state index in [1.54, 1.807) is 18.7 Å². The standard InChI is InChI=1S/C11H18N2O2/c1-5-9-6-10(13(3)12-9)7-11(14)8(2)15-4/h6,8H,5,7H2,1-4H3. The average molecular weight is 210 g/mol. The molecule has 1 rings (SSSR count). The summed E-state index contributed by atoms with van der Waals surface area (Å²) in [6, 6.07) is 1.97. The Balaban J connectivity index is 2.71. The van der Waals surface area contributed by atoms with Crippen LogP contribution in [0.15, 0.2) is 6.07 Å². The van der Waals surface area contributed by atoms with Gasteiger partial charge in [-0.25, -0.2) is 0 Å². The summed E-state index contributed by atoms with van der Waals surface area (Å²) in [5.74, 6) is 0.0863. The van der Waals surface area contributed by atoms with Crippen LogP contribution in [0.2, 0.25) is 0 Å². The highest BCUT2D eigenvalue weighted by Gasteiger charge is 2.15. The van der Waals surface area contributed by atoms with Crippen LogP contribution in [0.4, 0.5) is 0 Å². The molecule has 1 atom stereocenters. The van der Waals surface area contributed by atoms with Crippen LogP contribution in [-0.4, -0.2) is 28.8 Å². The fraction of sp³-hybridized carbons (Fsp3) is 0.636. The van der Waals surface area contributed by atoms with Gasteiger partial charge in [0.15, 0.2) is 5.78 Å². The largest absolute Gasteiger partial charge is 0.374 e. The van der Waals surface area contributed by atoms with Gasteiger partial charge >= 0.3 is 0 Å². The summed E-state index contributed by atoms with van der Waals surface area (Å²) in [4.78, 5) is 11.6. The Labute approximate surface area is 90.2 Å². The second-order valence-electron chi connectivity index (χ2n) is 3.63. The van der Waals surface area contributed by atoms with Gasteiger partial charge in [-0.15, -0.1) is 0 Å². The van der Waals surface area contributed by atoms with Gasteiger partial charge in [-0.05, 0) is 19.4 Å². The lowest BCUT2D eigenvalue weighted by atomic mass is 10.1. The van der Waals surface area contributed by atoms with E-state index in [9.17, 15) is 4.79 Å². The quantitative estimate of drug-likeness (QED) is 0.731. The molecule has 0 N–H and O–H groups in total. The number of aryl methyl sites for hydroxylation is 2. The van der Waals surface area contributed by atoms with Crippen molar-refractivity contribution in [1.82, 2.24) is 9.78 Å². The molecule has 0 radical (unpaired) electrons. The average Bonchev–Trinajstić information content (AvgIpc) is 2.58. The van der Waals surface area contributed by atoms with Gasteiger partial charge in [0, 0.05) is 19.9 Å². The molecule has 0 saturated carbocycles. The molecule has 0 bridgehead atoms. The first-order valence-corrected chi connectivity index (χ1v) is 5.15. The first-order chi connectivity index (χ1) is 7.08. The van der Waals surface area contributed by atoms with Crippen LogP contribution in [0.5, 0.6) is 0 Å². The molecule has 15 heavy (non-hydrogen) atoms. The van der Waals surface area contributed by atoms with Crippen molar-refractivity contribution in [2.24, 2.45) is 7.05 Å². The molecule has 0 saturated heterocycles. The van der Waals surface area contributed by atoms with Crippen LogP contribution in [0.1, 0.15) is 25.2 Å². The van der Waals surface area contributed by atoms with Gasteiger partial charge in [0.25, 0.3) is 0 Å². The van der Waals surface area contributed by atoms with Crippen LogP contribution >= 0.6 is 0 Å². The highest BCUT2D eigenvalue weighted by Crippen LogP contribution is 2.07. The number of methoxy groups -OCH3 is 1. The summed E-state index contributed by atoms with van der Waals surface area (Å²) in [7, 11) is 3.41. The smallest absolute Gasteiger partial charge is 0.167 e. The highest BCUT2D eigenvalue weighted by atomic mass is 16.5. The summed E-state index contributed by atoms with van der Waals surface area (Å²) in [6.07, 6.45) is 0.936. The molecule has 0 spiro atoms. The Bertz CT molecular complexity index is 344. The zero-order valence-electron chi connectivity index (χ0n) is 9.78. The molecular formula is C11H18N2O2. The van der Waals surface area contributed by atoms with Gasteiger partial charge in [0.1, 0.15) is 6.10 Å². The van der Waals surface area contributed by atoms with Crippen molar-refractivity contribution in [2.75, 3.05) is 7.11 Å². The molecule has 0 amide bonds. The summed E-state index contributed by atoms with van der Waals surface area (Å²) >= 11 is 0. The zero-order valence-corrected chi connectivity index (χ0v) is 9.78. The van der Waals surface area contributed by atoms with Gasteiger partial charge in [-0.2, -0.15) is 5.10 Å². The Hall–Kier alpha value is -1.16. The number of ketones is 1. The molecule has 1 unspecified atom stereocenters. The third-order valence-corrected chi connectivity index (χ3v) is 2.55. The van der Waals surface area contributed by atoms with Gasteiger partial charge in [-0.1, -0.05) is 6.92 Å². The summed E-state index contributed by atoms with van der Waals surface area (Å²) in [6.45, 7) is 3.81. The Kier molecular flexibility index (Phi) is 4.03. The van der Waals surface area contributed by atoms with E-state index in [-0.39, 0.29) is 11.9 Å². The van der Waals surface area contributed by atoms with Gasteiger partial charge < -0.3 is 4.74 Å². The van der Waals surface area contributed by atoms with Crippen molar-refractivity contribution in [2.45, 2.75) is 32.8 Å². The van der Waals surface area contributed by atoms with Gasteiger partial charge in [-0.3, -0.25) is 9.48 Å². The Morgan fingerprint density at radius 1 is 1.67 bits per heavy atom. The molecule has 0 aliphatic rings. The van der Waals surface area contributed by atoms with E-state index in [2.05, 4.69) is 5.10 Å². The molecule has 84 valence electrons. The van der Waals surface area contributed by atoms with E-state index in [0.717, 1.165) is 17.8 Å². The van der Waals surface area contributed by atoms with Crippen molar-refractivity contribution in [3.63, 3.8) is 0 Å². The number of carbonyl (C=O) groups is 1. The van der Waals surface area contributed by atoms with E-state index in [1.165, 1.54) is 0 Å². The second-order valence-corrected chi connectivity index (χ2v) is 3.63. The van der Waals surface area contributed by atoms with E-state index in [0.29, 0.717) is 6.42 Å². The predicted octanol–water partition coefficient (Wildman–Crippen LogP) is 1.13. The number of carbonyl (C=O) groups excluding carboxylic acids is 1. The highest BCUT2D eigenvalue weighted by molar-refractivity contribution is 5.84. The zero-order chi connectivity index (χ0) is 11.4. The lowest BCUT2D eigenvalue weighted by Crippen LogP contribution is -2.22. The third kappa shape index (κ3) is 2.89. The Morgan fingerprint density at radius 2 is 2.33 bits per heavy atom. The lowest BCUT2D eigenvalue weighted by Gasteiger charge is -2.07. The lowest BCUT2D eigenvalue weighted by molar-refractivity contribution is -0.127. The number of hydrogen-bond acceptors (Lipinski definition) is 3. The third-order valence-electron chi connectivity index (χ3n) is 2.55. The topological polar surface area (TPSA) is 44.1 Å². The molecule has 4 heteroatoms. The minimum absolute atomic E-state index is 0.0863. The van der Waals surface area contributed by atoms with Crippen LogP contribution in [0, 0.1) is 0 Å². The van der Waals surface area contributed by atoms with Crippen molar-refractivity contribution in [3.8, 4) is 0 Å². The Morgan fingerprint density at radius 3 is 2.80 bits per heavy atom. The number of nitrogens with zero attached hydrogens (tertiary/aromatic N) is 2. The predicted molar refractivity (Wildman–Crippen MR) is 57.8 cm³/mol. The van der Waals surface area contributed by atoms with E-state index < -0.39 is 0 Å². The van der Waals surface area contributed by atoms with E-state index >= 15 is 0 Å². The fourth-order valence-corrected chi connectivity index (χ4v) is 1.36. The monoisotopic (exact) mass is 210 g/mol. The summed E-state index contributed by atoms with van der Waals surface area (Å²) < 4.78 is 6.74. The molecule has 0 fully saturated rings.